The van der Waals surface area contributed by atoms with Crippen molar-refractivity contribution >= 4 is 5.91 Å². The van der Waals surface area contributed by atoms with E-state index in [4.69, 9.17) is 14.2 Å². The van der Waals surface area contributed by atoms with Crippen LogP contribution < -0.4 is 14.8 Å². The van der Waals surface area contributed by atoms with E-state index in [-0.39, 0.29) is 0 Å². The van der Waals surface area contributed by atoms with Gasteiger partial charge in [-0.25, -0.2) is 0 Å². The van der Waals surface area contributed by atoms with Crippen molar-refractivity contribution in [3.63, 3.8) is 0 Å². The summed E-state index contributed by atoms with van der Waals surface area (Å²) in [4.78, 5) is 11.6. The molecule has 1 amide bonds. The van der Waals surface area contributed by atoms with Crippen molar-refractivity contribution in [3.8, 4) is 22.6 Å². The quantitative estimate of drug-likeness (QED) is 0.560. The van der Waals surface area contributed by atoms with E-state index in [1.54, 1.807) is 19.2 Å². The summed E-state index contributed by atoms with van der Waals surface area (Å²) in [5, 5.41) is 32.6. The van der Waals surface area contributed by atoms with Crippen LogP contribution in [-0.4, -0.2) is 65.6 Å². The molecule has 4 N–H and O–H groups in total. The van der Waals surface area contributed by atoms with Gasteiger partial charge in [-0.3, -0.25) is 4.79 Å². The SMILES string of the molecule is COc1cccc(-c2ccccc2O[C@@H]2OC(CO)C(O)C(O)C2NC(C)=O)c1. The van der Waals surface area contributed by atoms with E-state index in [9.17, 15) is 20.1 Å². The van der Waals surface area contributed by atoms with Gasteiger partial charge >= 0.3 is 0 Å². The second kappa shape index (κ2) is 9.23. The molecule has 4 unspecified atom stereocenters. The number of hydrogen-bond acceptors (Lipinski definition) is 7. The summed E-state index contributed by atoms with van der Waals surface area (Å²) >= 11 is 0. The maximum absolute atomic E-state index is 11.6. The number of nitrogens with one attached hydrogen (secondary N) is 1. The van der Waals surface area contributed by atoms with Gasteiger partial charge in [0.15, 0.2) is 0 Å². The lowest BCUT2D eigenvalue weighted by atomic mass is 9.96. The normalized spacial score (nSPS) is 26.6. The third kappa shape index (κ3) is 4.68. The molecule has 0 saturated carbocycles. The van der Waals surface area contributed by atoms with E-state index in [2.05, 4.69) is 5.32 Å². The summed E-state index contributed by atoms with van der Waals surface area (Å²) in [6, 6.07) is 13.6. The van der Waals surface area contributed by atoms with Crippen LogP contribution in [0.4, 0.5) is 0 Å². The van der Waals surface area contributed by atoms with Gasteiger partial charge in [0.2, 0.25) is 12.2 Å². The zero-order valence-electron chi connectivity index (χ0n) is 16.2. The molecule has 0 spiro atoms. The van der Waals surface area contributed by atoms with E-state index in [0.717, 1.165) is 11.1 Å². The van der Waals surface area contributed by atoms with Gasteiger partial charge in [0.1, 0.15) is 35.9 Å². The number of hydrogen-bond donors (Lipinski definition) is 4. The first-order valence-corrected chi connectivity index (χ1v) is 9.24. The van der Waals surface area contributed by atoms with Gasteiger partial charge in [0.25, 0.3) is 0 Å². The molecule has 1 aliphatic rings. The van der Waals surface area contributed by atoms with Crippen LogP contribution in [0.5, 0.6) is 11.5 Å². The molecule has 1 aliphatic heterocycles. The van der Waals surface area contributed by atoms with Crippen LogP contribution in [0.2, 0.25) is 0 Å². The van der Waals surface area contributed by atoms with E-state index in [1.807, 2.05) is 36.4 Å². The number of para-hydroxylation sites is 1. The Hall–Kier alpha value is -2.65. The first-order chi connectivity index (χ1) is 13.9. The van der Waals surface area contributed by atoms with E-state index in [0.29, 0.717) is 11.5 Å². The fourth-order valence-corrected chi connectivity index (χ4v) is 3.29. The molecule has 0 radical (unpaired) electrons. The van der Waals surface area contributed by atoms with Crippen molar-refractivity contribution in [3.05, 3.63) is 48.5 Å². The van der Waals surface area contributed by atoms with E-state index < -0.39 is 43.2 Å². The number of methoxy groups -OCH3 is 1. The van der Waals surface area contributed by atoms with Gasteiger partial charge in [-0.2, -0.15) is 0 Å². The Bertz CT molecular complexity index is 843. The first kappa shape index (κ1) is 21.1. The van der Waals surface area contributed by atoms with Crippen molar-refractivity contribution in [1.29, 1.82) is 0 Å². The minimum Gasteiger partial charge on any atom is -0.497 e. The van der Waals surface area contributed by atoms with E-state index in [1.165, 1.54) is 6.92 Å². The van der Waals surface area contributed by atoms with Gasteiger partial charge in [0.05, 0.1) is 13.7 Å². The summed E-state index contributed by atoms with van der Waals surface area (Å²) < 4.78 is 16.9. The van der Waals surface area contributed by atoms with Crippen LogP contribution in [0.1, 0.15) is 6.92 Å². The molecular formula is C21H25NO7. The molecule has 8 heteroatoms. The first-order valence-electron chi connectivity index (χ1n) is 9.24. The maximum Gasteiger partial charge on any atom is 0.223 e. The number of rotatable bonds is 6. The second-order valence-corrected chi connectivity index (χ2v) is 6.78. The number of carbonyl (C=O) groups excluding carboxylic acids is 1. The van der Waals surface area contributed by atoms with Gasteiger partial charge in [-0.1, -0.05) is 30.3 Å². The number of benzene rings is 2. The second-order valence-electron chi connectivity index (χ2n) is 6.78. The highest BCUT2D eigenvalue weighted by atomic mass is 16.7. The van der Waals surface area contributed by atoms with E-state index >= 15 is 0 Å². The molecule has 1 fully saturated rings. The lowest BCUT2D eigenvalue weighted by Gasteiger charge is -2.42. The molecule has 29 heavy (non-hydrogen) atoms. The summed E-state index contributed by atoms with van der Waals surface area (Å²) in [5.74, 6) is 0.713. The Kier molecular flexibility index (Phi) is 6.71. The number of amides is 1. The van der Waals surface area contributed by atoms with Crippen molar-refractivity contribution in [1.82, 2.24) is 5.32 Å². The molecule has 8 nitrogen and oxygen atoms in total. The monoisotopic (exact) mass is 403 g/mol. The smallest absolute Gasteiger partial charge is 0.223 e. The molecule has 0 bridgehead atoms. The lowest BCUT2D eigenvalue weighted by molar-refractivity contribution is -0.244. The molecule has 1 heterocycles. The highest BCUT2D eigenvalue weighted by Gasteiger charge is 2.46. The minimum atomic E-state index is -1.38. The number of ether oxygens (including phenoxy) is 3. The van der Waals surface area contributed by atoms with Crippen molar-refractivity contribution in [2.24, 2.45) is 0 Å². The molecule has 3 rings (SSSR count). The van der Waals surface area contributed by atoms with Crippen LogP contribution >= 0.6 is 0 Å². The molecule has 0 aromatic heterocycles. The Labute approximate surface area is 168 Å². The predicted octanol–water partition coefficient (Wildman–Crippen LogP) is 0.685. The third-order valence-electron chi connectivity index (χ3n) is 4.76. The van der Waals surface area contributed by atoms with Crippen molar-refractivity contribution < 1.29 is 34.3 Å². The van der Waals surface area contributed by atoms with Crippen molar-refractivity contribution in [2.45, 2.75) is 37.6 Å². The van der Waals surface area contributed by atoms with Gasteiger partial charge < -0.3 is 34.8 Å². The zero-order chi connectivity index (χ0) is 21.0. The Morgan fingerprint density at radius 3 is 2.59 bits per heavy atom. The predicted molar refractivity (Wildman–Crippen MR) is 104 cm³/mol. The Balaban J connectivity index is 1.93. The summed E-state index contributed by atoms with van der Waals surface area (Å²) in [5.41, 5.74) is 1.59. The number of carbonyl (C=O) groups is 1. The van der Waals surface area contributed by atoms with Crippen LogP contribution in [0.15, 0.2) is 48.5 Å². The molecule has 156 valence electrons. The van der Waals surface area contributed by atoms with Gasteiger partial charge in [-0.05, 0) is 23.8 Å². The molecule has 0 aliphatic carbocycles. The minimum absolute atomic E-state index is 0.415. The molecule has 2 aromatic rings. The summed E-state index contributed by atoms with van der Waals surface area (Å²) in [6.45, 7) is 0.779. The molecule has 1 saturated heterocycles. The van der Waals surface area contributed by atoms with Crippen molar-refractivity contribution in [2.75, 3.05) is 13.7 Å². The average Bonchev–Trinajstić information content (AvgIpc) is 2.73. The Morgan fingerprint density at radius 2 is 1.90 bits per heavy atom. The summed E-state index contributed by atoms with van der Waals surface area (Å²) in [6.07, 6.45) is -4.92. The highest BCUT2D eigenvalue weighted by molar-refractivity contribution is 5.73. The number of aliphatic hydroxyl groups excluding tert-OH is 3. The molecule has 2 aromatic carbocycles. The van der Waals surface area contributed by atoms with Crippen LogP contribution in [0, 0.1) is 0 Å². The molecule has 5 atom stereocenters. The number of aliphatic hydroxyl groups is 3. The van der Waals surface area contributed by atoms with Gasteiger partial charge in [0, 0.05) is 12.5 Å². The fraction of sp³-hybridized carbons (Fsp3) is 0.381. The summed E-state index contributed by atoms with van der Waals surface area (Å²) in [7, 11) is 1.58. The third-order valence-corrected chi connectivity index (χ3v) is 4.76. The Morgan fingerprint density at radius 1 is 1.14 bits per heavy atom. The van der Waals surface area contributed by atoms with Crippen LogP contribution in [0.25, 0.3) is 11.1 Å². The van der Waals surface area contributed by atoms with Crippen LogP contribution in [-0.2, 0) is 9.53 Å². The lowest BCUT2D eigenvalue weighted by Crippen LogP contribution is -2.65. The highest BCUT2D eigenvalue weighted by Crippen LogP contribution is 2.34. The topological polar surface area (TPSA) is 117 Å². The van der Waals surface area contributed by atoms with Crippen LogP contribution in [0.3, 0.4) is 0 Å². The zero-order valence-corrected chi connectivity index (χ0v) is 16.2. The van der Waals surface area contributed by atoms with Gasteiger partial charge in [-0.15, -0.1) is 0 Å². The standard InChI is InChI=1S/C21H25NO7/c1-12(24)22-18-20(26)19(25)17(11-23)29-21(18)28-16-9-4-3-8-15(16)13-6-5-7-14(10-13)27-2/h3-10,17-21,23,25-26H,11H2,1-2H3,(H,22,24)/t17?,18?,19?,20?,21-/m1/s1. The fourth-order valence-electron chi connectivity index (χ4n) is 3.29. The largest absolute Gasteiger partial charge is 0.497 e. The maximum atomic E-state index is 11.6. The average molecular weight is 403 g/mol. The molecular weight excluding hydrogens is 378 g/mol.